The van der Waals surface area contributed by atoms with E-state index in [0.29, 0.717) is 5.75 Å². The monoisotopic (exact) mass is 148 g/mol. The minimum atomic E-state index is -0.348. The van der Waals surface area contributed by atoms with Crippen LogP contribution >= 0.6 is 12.6 Å². The van der Waals surface area contributed by atoms with E-state index in [1.54, 1.807) is 0 Å². The van der Waals surface area contributed by atoms with Gasteiger partial charge in [-0.1, -0.05) is 0 Å². The van der Waals surface area contributed by atoms with E-state index in [0.717, 1.165) is 5.01 Å². The fraction of sp³-hybridized carbons (Fsp3) is 0.750. The predicted molar refractivity (Wildman–Crippen MR) is 37.0 cm³/mol. The lowest BCUT2D eigenvalue weighted by Gasteiger charge is -2.06. The van der Waals surface area contributed by atoms with Crippen LogP contribution in [0.5, 0.6) is 0 Å². The first-order chi connectivity index (χ1) is 4.22. The number of carbonyl (C=O) groups is 1. The van der Waals surface area contributed by atoms with Gasteiger partial charge >= 0.3 is 0 Å². The molecule has 0 aliphatic heterocycles. The summed E-state index contributed by atoms with van der Waals surface area (Å²) in [6.45, 7) is 1.56. The van der Waals surface area contributed by atoms with Gasteiger partial charge in [-0.25, -0.2) is 0 Å². The maximum absolute atomic E-state index is 10.4. The van der Waals surface area contributed by atoms with Gasteiger partial charge in [0.2, 0.25) is 5.91 Å². The zero-order valence-corrected chi connectivity index (χ0v) is 5.97. The first kappa shape index (κ1) is 8.42. The van der Waals surface area contributed by atoms with Crippen LogP contribution in [0.4, 0.5) is 0 Å². The number of nitroso groups, excluding NO2 is 1. The van der Waals surface area contributed by atoms with Gasteiger partial charge in [0.15, 0.2) is 0 Å². The van der Waals surface area contributed by atoms with Crippen molar-refractivity contribution in [1.82, 2.24) is 5.01 Å². The minimum Gasteiger partial charge on any atom is -0.273 e. The molecule has 0 saturated carbocycles. The summed E-state index contributed by atoms with van der Waals surface area (Å²) < 4.78 is 0. The Labute approximate surface area is 58.6 Å². The second-order valence-electron chi connectivity index (χ2n) is 1.45. The number of amides is 1. The van der Waals surface area contributed by atoms with Crippen molar-refractivity contribution in [2.24, 2.45) is 5.29 Å². The van der Waals surface area contributed by atoms with E-state index in [1.165, 1.54) is 6.92 Å². The molecule has 4 nitrogen and oxygen atoms in total. The van der Waals surface area contributed by atoms with Crippen LogP contribution in [0, 0.1) is 4.91 Å². The van der Waals surface area contributed by atoms with Gasteiger partial charge in [0, 0.05) is 12.7 Å². The second kappa shape index (κ2) is 4.31. The smallest absolute Gasteiger partial charge is 0.242 e. The van der Waals surface area contributed by atoms with E-state index < -0.39 is 0 Å². The highest BCUT2D eigenvalue weighted by Crippen LogP contribution is 1.89. The quantitative estimate of drug-likeness (QED) is 0.359. The Morgan fingerprint density at radius 2 is 2.33 bits per heavy atom. The topological polar surface area (TPSA) is 49.7 Å². The predicted octanol–water partition coefficient (Wildman–Crippen LogP) is 0.446. The highest BCUT2D eigenvalue weighted by atomic mass is 32.1. The molecule has 0 aromatic heterocycles. The van der Waals surface area contributed by atoms with Gasteiger partial charge in [-0.15, -0.1) is 4.91 Å². The molecule has 9 heavy (non-hydrogen) atoms. The lowest BCUT2D eigenvalue weighted by Crippen LogP contribution is -2.24. The van der Waals surface area contributed by atoms with Gasteiger partial charge in [-0.05, 0) is 0 Å². The molecule has 1 amide bonds. The fourth-order valence-electron chi connectivity index (χ4n) is 0.350. The molecule has 0 fully saturated rings. The van der Waals surface area contributed by atoms with Gasteiger partial charge in [0.25, 0.3) is 0 Å². The van der Waals surface area contributed by atoms with Crippen molar-refractivity contribution in [2.45, 2.75) is 6.92 Å². The van der Waals surface area contributed by atoms with Crippen LogP contribution in [0.1, 0.15) is 6.92 Å². The highest BCUT2D eigenvalue weighted by Gasteiger charge is 2.04. The molecule has 0 bridgehead atoms. The summed E-state index contributed by atoms with van der Waals surface area (Å²) in [5.41, 5.74) is 0. The van der Waals surface area contributed by atoms with Crippen molar-refractivity contribution in [3.63, 3.8) is 0 Å². The molecule has 0 aliphatic carbocycles. The van der Waals surface area contributed by atoms with E-state index in [9.17, 15) is 9.70 Å². The standard InChI is InChI=1S/C4H8N2O2S/c1-4(7)6(5-8)2-3-9/h9H,2-3H2,1H3. The van der Waals surface area contributed by atoms with E-state index in [1.807, 2.05) is 0 Å². The average Bonchev–Trinajstić information content (AvgIpc) is 1.82. The van der Waals surface area contributed by atoms with Crippen molar-refractivity contribution in [3.05, 3.63) is 4.91 Å². The maximum Gasteiger partial charge on any atom is 0.242 e. The first-order valence-corrected chi connectivity index (χ1v) is 3.08. The number of nitrogens with zero attached hydrogens (tertiary/aromatic N) is 2. The van der Waals surface area contributed by atoms with Gasteiger partial charge in [-0.2, -0.15) is 17.6 Å². The Bertz CT molecular complexity index is 117. The van der Waals surface area contributed by atoms with Crippen LogP contribution in [0.2, 0.25) is 0 Å². The largest absolute Gasteiger partial charge is 0.273 e. The summed E-state index contributed by atoms with van der Waals surface area (Å²) in [6, 6.07) is 0. The van der Waals surface area contributed by atoms with Gasteiger partial charge < -0.3 is 0 Å². The molecule has 0 rings (SSSR count). The molecule has 0 saturated heterocycles. The zero-order valence-electron chi connectivity index (χ0n) is 5.07. The van der Waals surface area contributed by atoms with Gasteiger partial charge in [0.1, 0.15) is 0 Å². The normalized spacial score (nSPS) is 8.67. The van der Waals surface area contributed by atoms with E-state index >= 15 is 0 Å². The molecule has 0 spiro atoms. The van der Waals surface area contributed by atoms with E-state index in [-0.39, 0.29) is 12.5 Å². The molecule has 0 aromatic carbocycles. The first-order valence-electron chi connectivity index (χ1n) is 2.44. The number of hydrogen-bond acceptors (Lipinski definition) is 4. The third kappa shape index (κ3) is 3.07. The Hall–Kier alpha value is -0.580. The van der Waals surface area contributed by atoms with Crippen molar-refractivity contribution < 1.29 is 4.79 Å². The highest BCUT2D eigenvalue weighted by molar-refractivity contribution is 7.80. The summed E-state index contributed by atoms with van der Waals surface area (Å²) >= 11 is 3.82. The Morgan fingerprint density at radius 1 is 1.78 bits per heavy atom. The number of carbonyl (C=O) groups excluding carboxylic acids is 1. The van der Waals surface area contributed by atoms with Gasteiger partial charge in [0.05, 0.1) is 11.8 Å². The van der Waals surface area contributed by atoms with Crippen LogP contribution in [0.3, 0.4) is 0 Å². The molecule has 0 heterocycles. The molecular formula is C4H8N2O2S. The molecule has 52 valence electrons. The molecule has 5 heteroatoms. The Balaban J connectivity index is 3.68. The summed E-state index contributed by atoms with van der Waals surface area (Å²) in [4.78, 5) is 20.1. The van der Waals surface area contributed by atoms with Crippen LogP contribution in [-0.2, 0) is 4.79 Å². The molecule has 0 N–H and O–H groups in total. The fourth-order valence-corrected chi connectivity index (χ4v) is 0.540. The zero-order chi connectivity index (χ0) is 7.28. The molecule has 0 unspecified atom stereocenters. The third-order valence-electron chi connectivity index (χ3n) is 0.774. The van der Waals surface area contributed by atoms with Crippen LogP contribution < -0.4 is 0 Å². The molecular weight excluding hydrogens is 140 g/mol. The lowest BCUT2D eigenvalue weighted by atomic mass is 10.6. The summed E-state index contributed by atoms with van der Waals surface area (Å²) in [7, 11) is 0. The van der Waals surface area contributed by atoms with Crippen molar-refractivity contribution in [2.75, 3.05) is 12.3 Å². The lowest BCUT2D eigenvalue weighted by molar-refractivity contribution is -0.128. The Kier molecular flexibility index (Phi) is 4.04. The third-order valence-corrected chi connectivity index (χ3v) is 0.974. The number of rotatable bonds is 3. The SMILES string of the molecule is CC(=O)N(CCS)N=O. The molecule has 0 radical (unpaired) electrons. The van der Waals surface area contributed by atoms with Crippen molar-refractivity contribution in [3.8, 4) is 0 Å². The second-order valence-corrected chi connectivity index (χ2v) is 1.89. The minimum absolute atomic E-state index is 0.280. The van der Waals surface area contributed by atoms with E-state index in [2.05, 4.69) is 17.9 Å². The average molecular weight is 148 g/mol. The summed E-state index contributed by atoms with van der Waals surface area (Å²) in [5.74, 6) is 0.102. The van der Waals surface area contributed by atoms with Crippen LogP contribution in [0.25, 0.3) is 0 Å². The molecule has 0 aromatic rings. The number of thiol groups is 1. The molecule has 0 aliphatic rings. The number of hydrogen-bond donors (Lipinski definition) is 1. The summed E-state index contributed by atoms with van der Waals surface area (Å²) in [6.07, 6.45) is 0. The van der Waals surface area contributed by atoms with Gasteiger partial charge in [-0.3, -0.25) is 4.79 Å². The van der Waals surface area contributed by atoms with E-state index in [4.69, 9.17) is 0 Å². The Morgan fingerprint density at radius 3 is 2.44 bits per heavy atom. The molecule has 0 atom stereocenters. The van der Waals surface area contributed by atoms with Crippen LogP contribution in [0.15, 0.2) is 5.29 Å². The van der Waals surface area contributed by atoms with Crippen molar-refractivity contribution >= 4 is 18.5 Å². The summed E-state index contributed by atoms with van der Waals surface area (Å²) in [5, 5.41) is 3.29. The van der Waals surface area contributed by atoms with Crippen LogP contribution in [-0.4, -0.2) is 23.2 Å². The maximum atomic E-state index is 10.4. The van der Waals surface area contributed by atoms with Crippen molar-refractivity contribution in [1.29, 1.82) is 0 Å².